The molecule has 0 fully saturated rings. The summed E-state index contributed by atoms with van der Waals surface area (Å²) in [6.07, 6.45) is -2.43. The molecule has 0 radical (unpaired) electrons. The smallest absolute Gasteiger partial charge is 0.315 e. The Morgan fingerprint density at radius 1 is 1.35 bits per heavy atom. The predicted molar refractivity (Wildman–Crippen MR) is 59.5 cm³/mol. The van der Waals surface area contributed by atoms with Crippen LogP contribution in [0.3, 0.4) is 0 Å². The first-order valence-electron chi connectivity index (χ1n) is 5.41. The molecule has 1 N–H and O–H groups in total. The average molecular weight is 249 g/mol. The SMILES string of the molecule is CNC(Cn1cc(C(F)(F)F)cn1)C(C)(C)C. The molecular formula is C11H18F3N3. The summed E-state index contributed by atoms with van der Waals surface area (Å²) >= 11 is 0. The summed E-state index contributed by atoms with van der Waals surface area (Å²) in [5.41, 5.74) is -0.750. The van der Waals surface area contributed by atoms with E-state index in [1.54, 1.807) is 7.05 Å². The van der Waals surface area contributed by atoms with Gasteiger partial charge in [-0.2, -0.15) is 18.3 Å². The highest BCUT2D eigenvalue weighted by Crippen LogP contribution is 2.29. The average Bonchev–Trinajstić information content (AvgIpc) is 2.59. The Kier molecular flexibility index (Phi) is 3.86. The van der Waals surface area contributed by atoms with E-state index in [9.17, 15) is 13.2 Å². The molecule has 0 aromatic carbocycles. The molecule has 1 atom stereocenters. The number of rotatable bonds is 3. The first kappa shape index (κ1) is 14.0. The van der Waals surface area contributed by atoms with Gasteiger partial charge in [-0.05, 0) is 12.5 Å². The fourth-order valence-electron chi connectivity index (χ4n) is 1.60. The minimum Gasteiger partial charge on any atom is -0.315 e. The lowest BCUT2D eigenvalue weighted by Crippen LogP contribution is -2.41. The van der Waals surface area contributed by atoms with Crippen molar-refractivity contribution in [2.45, 2.75) is 39.5 Å². The number of aromatic nitrogens is 2. The quantitative estimate of drug-likeness (QED) is 0.892. The molecule has 0 aliphatic heterocycles. The molecular weight excluding hydrogens is 231 g/mol. The molecule has 17 heavy (non-hydrogen) atoms. The molecule has 0 saturated carbocycles. The van der Waals surface area contributed by atoms with Crippen LogP contribution in [-0.2, 0) is 12.7 Å². The monoisotopic (exact) mass is 249 g/mol. The van der Waals surface area contributed by atoms with E-state index < -0.39 is 11.7 Å². The maximum Gasteiger partial charge on any atom is 0.419 e. The lowest BCUT2D eigenvalue weighted by molar-refractivity contribution is -0.137. The van der Waals surface area contributed by atoms with E-state index in [1.807, 2.05) is 20.8 Å². The Morgan fingerprint density at radius 3 is 2.29 bits per heavy atom. The lowest BCUT2D eigenvalue weighted by Gasteiger charge is -2.30. The number of likely N-dealkylation sites (N-methyl/N-ethyl adjacent to an activating group) is 1. The predicted octanol–water partition coefficient (Wildman–Crippen LogP) is 2.54. The molecule has 1 aromatic heterocycles. The summed E-state index contributed by atoms with van der Waals surface area (Å²) in [6, 6.07) is 0.0588. The standard InChI is InChI=1S/C11H18F3N3/c1-10(2,3)9(15-4)7-17-6-8(5-16-17)11(12,13)14/h5-6,9,15H,7H2,1-4H3. The van der Waals surface area contributed by atoms with Crippen molar-refractivity contribution in [1.29, 1.82) is 0 Å². The van der Waals surface area contributed by atoms with Crippen molar-refractivity contribution in [3.63, 3.8) is 0 Å². The van der Waals surface area contributed by atoms with E-state index in [0.717, 1.165) is 12.4 Å². The molecule has 98 valence electrons. The molecule has 1 rings (SSSR count). The largest absolute Gasteiger partial charge is 0.419 e. The summed E-state index contributed by atoms with van der Waals surface area (Å²) in [6.45, 7) is 6.50. The number of halogens is 3. The van der Waals surface area contributed by atoms with Gasteiger partial charge in [-0.3, -0.25) is 4.68 Å². The van der Waals surface area contributed by atoms with Crippen molar-refractivity contribution < 1.29 is 13.2 Å². The van der Waals surface area contributed by atoms with E-state index in [-0.39, 0.29) is 11.5 Å². The number of alkyl halides is 3. The molecule has 0 spiro atoms. The maximum absolute atomic E-state index is 12.4. The molecule has 6 heteroatoms. The van der Waals surface area contributed by atoms with Gasteiger partial charge in [0.05, 0.1) is 18.3 Å². The Bertz CT molecular complexity index is 363. The second kappa shape index (κ2) is 4.68. The van der Waals surface area contributed by atoms with Gasteiger partial charge in [-0.15, -0.1) is 0 Å². The minimum absolute atomic E-state index is 0.0426. The fourth-order valence-corrected chi connectivity index (χ4v) is 1.60. The lowest BCUT2D eigenvalue weighted by atomic mass is 9.87. The van der Waals surface area contributed by atoms with Gasteiger partial charge in [0.25, 0.3) is 0 Å². The third kappa shape index (κ3) is 3.73. The van der Waals surface area contributed by atoms with Gasteiger partial charge in [0.1, 0.15) is 0 Å². The normalized spacial score (nSPS) is 15.0. The van der Waals surface area contributed by atoms with Crippen LogP contribution in [0.4, 0.5) is 13.2 Å². The highest BCUT2D eigenvalue weighted by Gasteiger charge is 2.32. The van der Waals surface area contributed by atoms with Crippen LogP contribution >= 0.6 is 0 Å². The van der Waals surface area contributed by atoms with E-state index in [2.05, 4.69) is 10.4 Å². The van der Waals surface area contributed by atoms with Crippen LogP contribution < -0.4 is 5.32 Å². The molecule has 0 aliphatic carbocycles. The maximum atomic E-state index is 12.4. The summed E-state index contributed by atoms with van der Waals surface area (Å²) < 4.78 is 38.5. The van der Waals surface area contributed by atoms with Crippen LogP contribution in [0, 0.1) is 5.41 Å². The van der Waals surface area contributed by atoms with Gasteiger partial charge in [-0.25, -0.2) is 0 Å². The summed E-state index contributed by atoms with van der Waals surface area (Å²) in [5, 5.41) is 6.84. The molecule has 0 amide bonds. The molecule has 0 bridgehead atoms. The van der Waals surface area contributed by atoms with Gasteiger partial charge in [0, 0.05) is 12.2 Å². The van der Waals surface area contributed by atoms with Crippen molar-refractivity contribution in [3.8, 4) is 0 Å². The van der Waals surface area contributed by atoms with Crippen LogP contribution in [0.25, 0.3) is 0 Å². The number of hydrogen-bond donors (Lipinski definition) is 1. The van der Waals surface area contributed by atoms with Crippen molar-refractivity contribution >= 4 is 0 Å². The zero-order valence-corrected chi connectivity index (χ0v) is 10.5. The van der Waals surface area contributed by atoms with Gasteiger partial charge in [0.2, 0.25) is 0 Å². The second-order valence-electron chi connectivity index (χ2n) is 5.16. The van der Waals surface area contributed by atoms with Crippen LogP contribution in [0.15, 0.2) is 12.4 Å². The third-order valence-corrected chi connectivity index (χ3v) is 2.72. The molecule has 1 heterocycles. The van der Waals surface area contributed by atoms with Crippen molar-refractivity contribution in [2.24, 2.45) is 5.41 Å². The van der Waals surface area contributed by atoms with Crippen LogP contribution in [0.1, 0.15) is 26.3 Å². The Balaban J connectivity index is 2.79. The Morgan fingerprint density at radius 2 is 1.94 bits per heavy atom. The van der Waals surface area contributed by atoms with Crippen molar-refractivity contribution in [1.82, 2.24) is 15.1 Å². The summed E-state index contributed by atoms with van der Waals surface area (Å²) in [5.74, 6) is 0. The topological polar surface area (TPSA) is 29.9 Å². The molecule has 1 unspecified atom stereocenters. The first-order chi connectivity index (χ1) is 7.64. The number of nitrogens with one attached hydrogen (secondary N) is 1. The van der Waals surface area contributed by atoms with Crippen molar-refractivity contribution in [2.75, 3.05) is 7.05 Å². The zero-order chi connectivity index (χ0) is 13.3. The first-order valence-corrected chi connectivity index (χ1v) is 5.41. The summed E-state index contributed by atoms with van der Waals surface area (Å²) in [4.78, 5) is 0. The van der Waals surface area contributed by atoms with E-state index >= 15 is 0 Å². The van der Waals surface area contributed by atoms with E-state index in [4.69, 9.17) is 0 Å². The van der Waals surface area contributed by atoms with Crippen molar-refractivity contribution in [3.05, 3.63) is 18.0 Å². The van der Waals surface area contributed by atoms with Gasteiger partial charge < -0.3 is 5.32 Å². The Labute approximate surface area is 99.0 Å². The van der Waals surface area contributed by atoms with Gasteiger partial charge >= 0.3 is 6.18 Å². The fraction of sp³-hybridized carbons (Fsp3) is 0.727. The molecule has 0 saturated heterocycles. The van der Waals surface area contributed by atoms with Gasteiger partial charge in [0.15, 0.2) is 0 Å². The van der Waals surface area contributed by atoms with Crippen LogP contribution in [0.2, 0.25) is 0 Å². The molecule has 1 aromatic rings. The Hall–Kier alpha value is -1.04. The van der Waals surface area contributed by atoms with E-state index in [1.165, 1.54) is 4.68 Å². The minimum atomic E-state index is -4.32. The second-order valence-corrected chi connectivity index (χ2v) is 5.16. The molecule has 0 aliphatic rings. The zero-order valence-electron chi connectivity index (χ0n) is 10.5. The number of hydrogen-bond acceptors (Lipinski definition) is 2. The highest BCUT2D eigenvalue weighted by atomic mass is 19.4. The highest BCUT2D eigenvalue weighted by molar-refractivity contribution is 5.08. The third-order valence-electron chi connectivity index (χ3n) is 2.72. The summed E-state index contributed by atoms with van der Waals surface area (Å²) in [7, 11) is 1.80. The van der Waals surface area contributed by atoms with Crippen LogP contribution in [-0.4, -0.2) is 22.9 Å². The number of nitrogens with zero attached hydrogens (tertiary/aromatic N) is 2. The molecule has 3 nitrogen and oxygen atoms in total. The van der Waals surface area contributed by atoms with Gasteiger partial charge in [-0.1, -0.05) is 20.8 Å². The van der Waals surface area contributed by atoms with Crippen LogP contribution in [0.5, 0.6) is 0 Å². The van der Waals surface area contributed by atoms with E-state index in [0.29, 0.717) is 6.54 Å².